The van der Waals surface area contributed by atoms with E-state index in [0.717, 1.165) is 49.6 Å². The molecule has 0 radical (unpaired) electrons. The van der Waals surface area contributed by atoms with Crippen LogP contribution in [0.4, 0.5) is 13.2 Å². The molecule has 0 unspecified atom stereocenters. The molecule has 2 saturated heterocycles. The average Bonchev–Trinajstić information content (AvgIpc) is 2.67. The molecule has 0 amide bonds. The maximum Gasteiger partial charge on any atom is 0.416 e. The highest BCUT2D eigenvalue weighted by Gasteiger charge is 2.40. The minimum atomic E-state index is -4.58. The summed E-state index contributed by atoms with van der Waals surface area (Å²) in [6.45, 7) is 2.86. The summed E-state index contributed by atoms with van der Waals surface area (Å²) < 4.78 is 72.0. The van der Waals surface area contributed by atoms with Gasteiger partial charge >= 0.3 is 6.18 Å². The number of hydrogen-bond donors (Lipinski definition) is 1. The second-order valence-corrected chi connectivity index (χ2v) is 9.78. The van der Waals surface area contributed by atoms with E-state index >= 15 is 0 Å². The Morgan fingerprint density at radius 3 is 2.48 bits per heavy atom. The van der Waals surface area contributed by atoms with Gasteiger partial charge in [-0.25, -0.2) is 13.1 Å². The number of halogens is 3. The predicted octanol–water partition coefficient (Wildman–Crippen LogP) is 2.58. The first-order valence-corrected chi connectivity index (χ1v) is 11.4. The summed E-state index contributed by atoms with van der Waals surface area (Å²) in [7, 11) is -4.03. The Bertz CT molecular complexity index is 744. The van der Waals surface area contributed by atoms with Crippen LogP contribution in [0.2, 0.25) is 0 Å². The number of thioether (sulfide) groups is 1. The highest BCUT2D eigenvalue weighted by molar-refractivity contribution is 7.99. The Morgan fingerprint density at radius 1 is 1.19 bits per heavy atom. The smallest absolute Gasteiger partial charge is 0.379 e. The van der Waals surface area contributed by atoms with Crippen molar-refractivity contribution >= 4 is 21.8 Å². The van der Waals surface area contributed by atoms with Gasteiger partial charge in [-0.3, -0.25) is 4.90 Å². The predicted molar refractivity (Wildman–Crippen MR) is 98.3 cm³/mol. The third kappa shape index (κ3) is 4.97. The van der Waals surface area contributed by atoms with Crippen molar-refractivity contribution in [3.8, 4) is 0 Å². The SMILES string of the molecule is O=S(=O)(NCC1(N2CCOCC2)CCSCC1)c1cccc(C(F)(F)F)c1. The van der Waals surface area contributed by atoms with Crippen molar-refractivity contribution in [3.05, 3.63) is 29.8 Å². The van der Waals surface area contributed by atoms with Gasteiger partial charge in [0.1, 0.15) is 0 Å². The second kappa shape index (κ2) is 8.28. The Balaban J connectivity index is 1.78. The van der Waals surface area contributed by atoms with E-state index in [4.69, 9.17) is 4.74 Å². The molecule has 2 aliphatic rings. The number of ether oxygens (including phenoxy) is 1. The highest BCUT2D eigenvalue weighted by Crippen LogP contribution is 2.34. The van der Waals surface area contributed by atoms with Gasteiger partial charge in [0.25, 0.3) is 0 Å². The summed E-state index contributed by atoms with van der Waals surface area (Å²) in [6, 6.07) is 3.86. The van der Waals surface area contributed by atoms with Crippen LogP contribution < -0.4 is 4.72 Å². The normalized spacial score (nSPS) is 21.9. The van der Waals surface area contributed by atoms with E-state index in [9.17, 15) is 21.6 Å². The van der Waals surface area contributed by atoms with Crippen LogP contribution in [0.25, 0.3) is 0 Å². The number of nitrogens with zero attached hydrogens (tertiary/aromatic N) is 1. The summed E-state index contributed by atoms with van der Waals surface area (Å²) in [6.07, 6.45) is -2.91. The van der Waals surface area contributed by atoms with Crippen molar-refractivity contribution in [2.45, 2.75) is 29.5 Å². The molecular formula is C17H23F3N2O3S2. The quantitative estimate of drug-likeness (QED) is 0.788. The van der Waals surface area contributed by atoms with Crippen molar-refractivity contribution < 1.29 is 26.3 Å². The minimum absolute atomic E-state index is 0.187. The number of rotatable bonds is 5. The molecule has 10 heteroatoms. The van der Waals surface area contributed by atoms with Crippen molar-refractivity contribution in [1.29, 1.82) is 0 Å². The molecule has 0 atom stereocenters. The number of morpholine rings is 1. The molecule has 27 heavy (non-hydrogen) atoms. The summed E-state index contributed by atoms with van der Waals surface area (Å²) in [5, 5.41) is 0. The lowest BCUT2D eigenvalue weighted by Crippen LogP contribution is -2.60. The molecule has 1 aromatic carbocycles. The largest absolute Gasteiger partial charge is 0.416 e. The Hall–Kier alpha value is -0.810. The number of benzene rings is 1. The zero-order valence-corrected chi connectivity index (χ0v) is 16.4. The molecule has 1 aromatic rings. The van der Waals surface area contributed by atoms with Gasteiger partial charge in [-0.15, -0.1) is 0 Å². The van der Waals surface area contributed by atoms with Crippen LogP contribution in [-0.2, 0) is 20.9 Å². The molecule has 5 nitrogen and oxygen atoms in total. The molecule has 1 N–H and O–H groups in total. The van der Waals surface area contributed by atoms with E-state index in [-0.39, 0.29) is 17.0 Å². The van der Waals surface area contributed by atoms with Crippen LogP contribution in [0.1, 0.15) is 18.4 Å². The number of hydrogen-bond acceptors (Lipinski definition) is 5. The Labute approximate surface area is 161 Å². The molecule has 0 bridgehead atoms. The van der Waals surface area contributed by atoms with Crippen LogP contribution >= 0.6 is 11.8 Å². The van der Waals surface area contributed by atoms with Gasteiger partial charge in [-0.1, -0.05) is 6.07 Å². The summed E-state index contributed by atoms with van der Waals surface area (Å²) in [4.78, 5) is 1.91. The lowest BCUT2D eigenvalue weighted by atomic mass is 9.89. The monoisotopic (exact) mass is 424 g/mol. The van der Waals surface area contributed by atoms with Gasteiger partial charge in [0, 0.05) is 25.2 Å². The van der Waals surface area contributed by atoms with Crippen LogP contribution in [0.15, 0.2) is 29.2 Å². The Morgan fingerprint density at radius 2 is 1.85 bits per heavy atom. The van der Waals surface area contributed by atoms with Crippen molar-refractivity contribution in [1.82, 2.24) is 9.62 Å². The lowest BCUT2D eigenvalue weighted by molar-refractivity contribution is -0.137. The van der Waals surface area contributed by atoms with E-state index in [1.54, 1.807) is 0 Å². The van der Waals surface area contributed by atoms with E-state index in [1.165, 1.54) is 6.07 Å². The zero-order chi connectivity index (χ0) is 19.5. The van der Waals surface area contributed by atoms with Crippen molar-refractivity contribution in [2.75, 3.05) is 44.4 Å². The number of nitrogens with one attached hydrogen (secondary N) is 1. The second-order valence-electron chi connectivity index (χ2n) is 6.79. The van der Waals surface area contributed by atoms with E-state index in [2.05, 4.69) is 9.62 Å². The lowest BCUT2D eigenvalue weighted by Gasteiger charge is -2.48. The van der Waals surface area contributed by atoms with Gasteiger partial charge < -0.3 is 4.74 Å². The van der Waals surface area contributed by atoms with Gasteiger partial charge in [-0.05, 0) is 42.5 Å². The van der Waals surface area contributed by atoms with Gasteiger partial charge in [-0.2, -0.15) is 24.9 Å². The molecule has 0 aliphatic carbocycles. The highest BCUT2D eigenvalue weighted by atomic mass is 32.2. The van der Waals surface area contributed by atoms with Gasteiger partial charge in [0.2, 0.25) is 10.0 Å². The number of sulfonamides is 1. The molecule has 2 aliphatic heterocycles. The summed E-state index contributed by atoms with van der Waals surface area (Å²) in [5.74, 6) is 1.87. The molecule has 0 spiro atoms. The average molecular weight is 425 g/mol. The topological polar surface area (TPSA) is 58.6 Å². The third-order valence-electron chi connectivity index (χ3n) is 5.17. The molecule has 0 aromatic heterocycles. The fourth-order valence-electron chi connectivity index (χ4n) is 3.55. The first-order valence-electron chi connectivity index (χ1n) is 8.80. The first kappa shape index (κ1) is 20.9. The molecule has 152 valence electrons. The van der Waals surface area contributed by atoms with Crippen LogP contribution in [0.3, 0.4) is 0 Å². The third-order valence-corrected chi connectivity index (χ3v) is 7.55. The van der Waals surface area contributed by atoms with E-state index < -0.39 is 21.8 Å². The van der Waals surface area contributed by atoms with E-state index in [1.807, 2.05) is 11.8 Å². The zero-order valence-electron chi connectivity index (χ0n) is 14.8. The molecule has 2 fully saturated rings. The fraction of sp³-hybridized carbons (Fsp3) is 0.647. The van der Waals surface area contributed by atoms with Crippen molar-refractivity contribution in [2.24, 2.45) is 0 Å². The summed E-state index contributed by atoms with van der Waals surface area (Å²) in [5.41, 5.74) is -1.29. The van der Waals surface area contributed by atoms with Crippen LogP contribution in [0.5, 0.6) is 0 Å². The maximum atomic E-state index is 12.9. The molecule has 3 rings (SSSR count). The Kier molecular flexibility index (Phi) is 6.41. The van der Waals surface area contributed by atoms with Crippen molar-refractivity contribution in [3.63, 3.8) is 0 Å². The fourth-order valence-corrected chi connectivity index (χ4v) is 5.96. The van der Waals surface area contributed by atoms with Gasteiger partial charge in [0.05, 0.1) is 23.7 Å². The van der Waals surface area contributed by atoms with Gasteiger partial charge in [0.15, 0.2) is 0 Å². The number of alkyl halides is 3. The maximum absolute atomic E-state index is 12.9. The molecular weight excluding hydrogens is 401 g/mol. The molecule has 2 heterocycles. The minimum Gasteiger partial charge on any atom is -0.379 e. The molecule has 0 saturated carbocycles. The standard InChI is InChI=1S/C17H23F3N2O3S2/c18-17(19,20)14-2-1-3-15(12-14)27(23,24)21-13-16(4-10-26-11-5-16)22-6-8-25-9-7-22/h1-3,12,21H,4-11,13H2. The first-order chi connectivity index (χ1) is 12.7. The summed E-state index contributed by atoms with van der Waals surface area (Å²) >= 11 is 1.84. The van der Waals surface area contributed by atoms with Crippen LogP contribution in [0, 0.1) is 0 Å². The van der Waals surface area contributed by atoms with E-state index in [0.29, 0.717) is 19.3 Å². The van der Waals surface area contributed by atoms with Crippen LogP contribution in [-0.4, -0.2) is 63.2 Å².